The number of aryl methyl sites for hydroxylation is 1. The maximum absolute atomic E-state index is 6.29. The van der Waals surface area contributed by atoms with Crippen LogP contribution in [0.1, 0.15) is 5.56 Å². The van der Waals surface area contributed by atoms with E-state index in [1.807, 2.05) is 22.9 Å². The second-order valence-corrected chi connectivity index (χ2v) is 6.20. The normalized spacial score (nSPS) is 11.1. The van der Waals surface area contributed by atoms with E-state index in [9.17, 15) is 0 Å². The first-order valence-electron chi connectivity index (χ1n) is 7.35. The lowest BCUT2D eigenvalue weighted by molar-refractivity contribution is 1.09. The van der Waals surface area contributed by atoms with Gasteiger partial charge in [0.15, 0.2) is 0 Å². The Hall–Kier alpha value is -2.43. The molecule has 24 heavy (non-hydrogen) atoms. The number of nitrogens with zero attached hydrogens (tertiary/aromatic N) is 4. The predicted octanol–water partition coefficient (Wildman–Crippen LogP) is 5.10. The molecular weight excluding hydrogens is 343 g/mol. The van der Waals surface area contributed by atoms with Crippen LogP contribution in [0.5, 0.6) is 0 Å². The molecule has 0 saturated carbocycles. The van der Waals surface area contributed by atoms with Crippen molar-refractivity contribution < 1.29 is 0 Å². The van der Waals surface area contributed by atoms with E-state index in [0.29, 0.717) is 10.7 Å². The number of aromatic nitrogens is 4. The third-order valence-electron chi connectivity index (χ3n) is 3.85. The summed E-state index contributed by atoms with van der Waals surface area (Å²) in [5, 5.41) is 1.57. The van der Waals surface area contributed by atoms with Gasteiger partial charge in [-0.3, -0.25) is 0 Å². The standard InChI is InChI=1S/C18H12Cl2N4/c1-11-4-6-12(7-5-11)24-10-14(13-3-2-8-21-17(13)24)16-15(19)9-22-18(20)23-16/h2-10H,1H3. The van der Waals surface area contributed by atoms with Crippen LogP contribution in [-0.2, 0) is 0 Å². The first-order valence-corrected chi connectivity index (χ1v) is 8.10. The molecule has 0 aliphatic heterocycles. The highest BCUT2D eigenvalue weighted by atomic mass is 35.5. The Balaban J connectivity index is 2.01. The molecular formula is C18H12Cl2N4. The fourth-order valence-electron chi connectivity index (χ4n) is 2.68. The van der Waals surface area contributed by atoms with Gasteiger partial charge >= 0.3 is 0 Å². The van der Waals surface area contributed by atoms with Crippen LogP contribution in [0.15, 0.2) is 55.0 Å². The van der Waals surface area contributed by atoms with Crippen LogP contribution in [0.25, 0.3) is 28.0 Å². The van der Waals surface area contributed by atoms with Gasteiger partial charge in [-0.05, 0) is 42.8 Å². The topological polar surface area (TPSA) is 43.6 Å². The number of hydrogen-bond acceptors (Lipinski definition) is 3. The first kappa shape index (κ1) is 15.1. The quantitative estimate of drug-likeness (QED) is 0.470. The summed E-state index contributed by atoms with van der Waals surface area (Å²) in [6.45, 7) is 2.06. The van der Waals surface area contributed by atoms with E-state index in [0.717, 1.165) is 22.3 Å². The number of fused-ring (bicyclic) bond motifs is 1. The second kappa shape index (κ2) is 5.89. The van der Waals surface area contributed by atoms with Gasteiger partial charge in [0, 0.05) is 29.0 Å². The van der Waals surface area contributed by atoms with Crippen molar-refractivity contribution in [2.75, 3.05) is 0 Å². The van der Waals surface area contributed by atoms with E-state index in [-0.39, 0.29) is 5.28 Å². The molecule has 0 fully saturated rings. The summed E-state index contributed by atoms with van der Waals surface area (Å²) in [4.78, 5) is 12.7. The van der Waals surface area contributed by atoms with E-state index in [2.05, 4.69) is 46.1 Å². The molecule has 4 nitrogen and oxygen atoms in total. The van der Waals surface area contributed by atoms with Crippen LogP contribution in [0, 0.1) is 6.92 Å². The Morgan fingerprint density at radius 1 is 1.00 bits per heavy atom. The first-order chi connectivity index (χ1) is 11.6. The Bertz CT molecular complexity index is 1040. The highest BCUT2D eigenvalue weighted by Gasteiger charge is 2.16. The molecule has 0 atom stereocenters. The minimum absolute atomic E-state index is 0.162. The molecule has 0 aliphatic rings. The van der Waals surface area contributed by atoms with Crippen molar-refractivity contribution >= 4 is 34.2 Å². The maximum atomic E-state index is 6.29. The summed E-state index contributed by atoms with van der Waals surface area (Å²) >= 11 is 12.2. The molecule has 6 heteroatoms. The van der Waals surface area contributed by atoms with Crippen molar-refractivity contribution in [3.05, 3.63) is 70.9 Å². The molecule has 0 bridgehead atoms. The summed E-state index contributed by atoms with van der Waals surface area (Å²) < 4.78 is 2.02. The zero-order valence-corrected chi connectivity index (χ0v) is 14.3. The van der Waals surface area contributed by atoms with Crippen molar-refractivity contribution in [3.63, 3.8) is 0 Å². The van der Waals surface area contributed by atoms with Crippen molar-refractivity contribution in [1.82, 2.24) is 19.5 Å². The maximum Gasteiger partial charge on any atom is 0.222 e. The van der Waals surface area contributed by atoms with Crippen LogP contribution < -0.4 is 0 Å². The monoisotopic (exact) mass is 354 g/mol. The molecule has 4 aromatic rings. The highest BCUT2D eigenvalue weighted by Crippen LogP contribution is 2.34. The average Bonchev–Trinajstić information content (AvgIpc) is 2.97. The van der Waals surface area contributed by atoms with Gasteiger partial charge in [-0.15, -0.1) is 0 Å². The molecule has 3 heterocycles. The minimum Gasteiger partial charge on any atom is -0.301 e. The molecule has 1 aromatic carbocycles. The van der Waals surface area contributed by atoms with Crippen LogP contribution in [-0.4, -0.2) is 19.5 Å². The van der Waals surface area contributed by atoms with Gasteiger partial charge in [0.25, 0.3) is 0 Å². The lowest BCUT2D eigenvalue weighted by atomic mass is 10.1. The van der Waals surface area contributed by atoms with E-state index in [1.54, 1.807) is 6.20 Å². The molecule has 0 amide bonds. The largest absolute Gasteiger partial charge is 0.301 e. The van der Waals surface area contributed by atoms with Gasteiger partial charge in [-0.1, -0.05) is 29.3 Å². The van der Waals surface area contributed by atoms with Gasteiger partial charge in [0.2, 0.25) is 5.28 Å². The summed E-state index contributed by atoms with van der Waals surface area (Å²) in [5.74, 6) is 0. The zero-order valence-electron chi connectivity index (χ0n) is 12.7. The number of pyridine rings is 1. The lowest BCUT2D eigenvalue weighted by Gasteiger charge is -2.04. The molecule has 0 aliphatic carbocycles. The van der Waals surface area contributed by atoms with Crippen LogP contribution in [0.4, 0.5) is 0 Å². The third kappa shape index (κ3) is 2.54. The van der Waals surface area contributed by atoms with Crippen molar-refractivity contribution in [2.45, 2.75) is 6.92 Å². The third-order valence-corrected chi connectivity index (χ3v) is 4.30. The summed E-state index contributed by atoms with van der Waals surface area (Å²) in [5.41, 5.74) is 4.52. The fraction of sp³-hybridized carbons (Fsp3) is 0.0556. The summed E-state index contributed by atoms with van der Waals surface area (Å²) in [6, 6.07) is 12.1. The molecule has 0 unspecified atom stereocenters. The second-order valence-electron chi connectivity index (χ2n) is 5.46. The Labute approximate surface area is 148 Å². The van der Waals surface area contributed by atoms with Gasteiger partial charge < -0.3 is 4.57 Å². The molecule has 0 spiro atoms. The fourth-order valence-corrected chi connectivity index (χ4v) is 3.01. The SMILES string of the molecule is Cc1ccc(-n2cc(-c3nc(Cl)ncc3Cl)c3cccnc32)cc1. The number of halogens is 2. The smallest absolute Gasteiger partial charge is 0.222 e. The molecule has 4 rings (SSSR count). The summed E-state index contributed by atoms with van der Waals surface area (Å²) in [7, 11) is 0. The molecule has 0 radical (unpaired) electrons. The molecule has 3 aromatic heterocycles. The van der Waals surface area contributed by atoms with Crippen molar-refractivity contribution in [3.8, 4) is 16.9 Å². The van der Waals surface area contributed by atoms with E-state index in [4.69, 9.17) is 23.2 Å². The van der Waals surface area contributed by atoms with Crippen LogP contribution in [0.3, 0.4) is 0 Å². The molecule has 0 N–H and O–H groups in total. The zero-order chi connectivity index (χ0) is 16.7. The van der Waals surface area contributed by atoms with Crippen molar-refractivity contribution in [2.24, 2.45) is 0 Å². The van der Waals surface area contributed by atoms with E-state index in [1.165, 1.54) is 11.8 Å². The lowest BCUT2D eigenvalue weighted by Crippen LogP contribution is -1.93. The predicted molar refractivity (Wildman–Crippen MR) is 96.9 cm³/mol. The van der Waals surface area contributed by atoms with Crippen LogP contribution >= 0.6 is 23.2 Å². The molecule has 118 valence electrons. The van der Waals surface area contributed by atoms with E-state index >= 15 is 0 Å². The van der Waals surface area contributed by atoms with Gasteiger partial charge in [0.05, 0.1) is 16.9 Å². The van der Waals surface area contributed by atoms with Gasteiger partial charge in [-0.25, -0.2) is 15.0 Å². The summed E-state index contributed by atoms with van der Waals surface area (Å²) in [6.07, 6.45) is 5.26. The Morgan fingerprint density at radius 2 is 1.79 bits per heavy atom. The van der Waals surface area contributed by atoms with Crippen LogP contribution in [0.2, 0.25) is 10.3 Å². The van der Waals surface area contributed by atoms with E-state index < -0.39 is 0 Å². The number of rotatable bonds is 2. The highest BCUT2D eigenvalue weighted by molar-refractivity contribution is 6.34. The Kier molecular flexibility index (Phi) is 3.71. The minimum atomic E-state index is 0.162. The van der Waals surface area contributed by atoms with Gasteiger partial charge in [0.1, 0.15) is 5.65 Å². The number of benzene rings is 1. The molecule has 0 saturated heterocycles. The average molecular weight is 355 g/mol. The van der Waals surface area contributed by atoms with Crippen molar-refractivity contribution in [1.29, 1.82) is 0 Å². The van der Waals surface area contributed by atoms with Gasteiger partial charge in [-0.2, -0.15) is 0 Å². The Morgan fingerprint density at radius 3 is 2.58 bits per heavy atom. The number of hydrogen-bond donors (Lipinski definition) is 0.